The van der Waals surface area contributed by atoms with Gasteiger partial charge in [-0.05, 0) is 24.5 Å². The maximum Gasteiger partial charge on any atom is 0.433 e. The SMILES string of the molecule is CC(=O)OC1CCCC(c2ccc(C(F)(F)F)nc2)O1. The number of hydrogen-bond donors (Lipinski definition) is 0. The molecule has 2 rings (SSSR count). The number of halogens is 3. The van der Waals surface area contributed by atoms with Crippen LogP contribution in [0, 0.1) is 0 Å². The minimum Gasteiger partial charge on any atom is -0.436 e. The molecule has 0 N–H and O–H groups in total. The van der Waals surface area contributed by atoms with Gasteiger partial charge in [0.1, 0.15) is 5.69 Å². The summed E-state index contributed by atoms with van der Waals surface area (Å²) < 4.78 is 47.8. The minimum atomic E-state index is -4.45. The number of alkyl halides is 3. The Morgan fingerprint density at radius 1 is 1.40 bits per heavy atom. The van der Waals surface area contributed by atoms with Crippen LogP contribution >= 0.6 is 0 Å². The summed E-state index contributed by atoms with van der Waals surface area (Å²) in [5.41, 5.74) is -0.386. The first-order chi connectivity index (χ1) is 9.36. The molecule has 1 aromatic heterocycles. The lowest BCUT2D eigenvalue weighted by atomic mass is 10.0. The van der Waals surface area contributed by atoms with Gasteiger partial charge in [-0.15, -0.1) is 0 Å². The van der Waals surface area contributed by atoms with Crippen molar-refractivity contribution >= 4 is 5.97 Å². The van der Waals surface area contributed by atoms with Crippen LogP contribution in [0.2, 0.25) is 0 Å². The van der Waals surface area contributed by atoms with Gasteiger partial charge in [0.15, 0.2) is 0 Å². The largest absolute Gasteiger partial charge is 0.436 e. The van der Waals surface area contributed by atoms with Crippen molar-refractivity contribution in [1.82, 2.24) is 4.98 Å². The summed E-state index contributed by atoms with van der Waals surface area (Å²) in [5.74, 6) is -0.443. The summed E-state index contributed by atoms with van der Waals surface area (Å²) in [6.45, 7) is 1.28. The number of aromatic nitrogens is 1. The lowest BCUT2D eigenvalue weighted by Crippen LogP contribution is -2.26. The zero-order chi connectivity index (χ0) is 14.8. The van der Waals surface area contributed by atoms with E-state index in [9.17, 15) is 18.0 Å². The van der Waals surface area contributed by atoms with Crippen molar-refractivity contribution in [2.24, 2.45) is 0 Å². The van der Waals surface area contributed by atoms with Gasteiger partial charge in [-0.1, -0.05) is 6.07 Å². The van der Waals surface area contributed by atoms with Gasteiger partial charge in [-0.2, -0.15) is 13.2 Å². The fourth-order valence-electron chi connectivity index (χ4n) is 2.07. The first kappa shape index (κ1) is 14.8. The Morgan fingerprint density at radius 3 is 2.70 bits per heavy atom. The van der Waals surface area contributed by atoms with E-state index in [0.29, 0.717) is 18.4 Å². The monoisotopic (exact) mass is 289 g/mol. The first-order valence-electron chi connectivity index (χ1n) is 6.22. The van der Waals surface area contributed by atoms with Gasteiger partial charge in [0.25, 0.3) is 0 Å². The van der Waals surface area contributed by atoms with Gasteiger partial charge in [0, 0.05) is 19.5 Å². The molecule has 2 atom stereocenters. The molecule has 0 radical (unpaired) electrons. The predicted octanol–water partition coefficient (Wildman–Crippen LogP) is 3.23. The fraction of sp³-hybridized carbons (Fsp3) is 0.538. The molecule has 110 valence electrons. The summed E-state index contributed by atoms with van der Waals surface area (Å²) >= 11 is 0. The highest BCUT2D eigenvalue weighted by Gasteiger charge is 2.33. The minimum absolute atomic E-state index is 0.400. The van der Waals surface area contributed by atoms with Crippen LogP contribution in [0.3, 0.4) is 0 Å². The molecule has 1 aliphatic rings. The Labute approximate surface area is 113 Å². The predicted molar refractivity (Wildman–Crippen MR) is 62.5 cm³/mol. The zero-order valence-corrected chi connectivity index (χ0v) is 10.8. The molecule has 2 unspecified atom stereocenters. The Bertz CT molecular complexity index is 473. The molecule has 20 heavy (non-hydrogen) atoms. The summed E-state index contributed by atoms with van der Waals surface area (Å²) in [6, 6.07) is 2.27. The molecule has 1 saturated heterocycles. The molecule has 7 heteroatoms. The Kier molecular flexibility index (Phi) is 4.27. The number of ether oxygens (including phenoxy) is 2. The Hall–Kier alpha value is -1.63. The van der Waals surface area contributed by atoms with Crippen LogP contribution in [0.4, 0.5) is 13.2 Å². The molecular formula is C13H14F3NO3. The number of nitrogens with zero attached hydrogens (tertiary/aromatic N) is 1. The second-order valence-electron chi connectivity index (χ2n) is 4.57. The van der Waals surface area contributed by atoms with E-state index in [1.165, 1.54) is 13.0 Å². The zero-order valence-electron chi connectivity index (χ0n) is 10.8. The van der Waals surface area contributed by atoms with Crippen LogP contribution in [0.15, 0.2) is 18.3 Å². The number of esters is 1. The molecule has 0 aliphatic carbocycles. The molecule has 0 aromatic carbocycles. The lowest BCUT2D eigenvalue weighted by molar-refractivity contribution is -0.202. The van der Waals surface area contributed by atoms with Crippen LogP contribution in [-0.2, 0) is 20.4 Å². The maximum atomic E-state index is 12.4. The average Bonchev–Trinajstić information content (AvgIpc) is 2.37. The number of carbonyl (C=O) groups is 1. The summed E-state index contributed by atoms with van der Waals surface area (Å²) in [7, 11) is 0. The van der Waals surface area contributed by atoms with Crippen LogP contribution < -0.4 is 0 Å². The van der Waals surface area contributed by atoms with Crippen molar-refractivity contribution in [3.05, 3.63) is 29.6 Å². The number of carbonyl (C=O) groups excluding carboxylic acids is 1. The number of pyridine rings is 1. The van der Waals surface area contributed by atoms with E-state index in [-0.39, 0.29) is 0 Å². The fourth-order valence-corrected chi connectivity index (χ4v) is 2.07. The molecule has 4 nitrogen and oxygen atoms in total. The third-order valence-electron chi connectivity index (χ3n) is 2.97. The quantitative estimate of drug-likeness (QED) is 0.784. The van der Waals surface area contributed by atoms with Crippen LogP contribution in [0.5, 0.6) is 0 Å². The van der Waals surface area contributed by atoms with Gasteiger partial charge in [-0.25, -0.2) is 0 Å². The van der Waals surface area contributed by atoms with Crippen molar-refractivity contribution in [2.45, 2.75) is 44.8 Å². The van der Waals surface area contributed by atoms with Gasteiger partial charge in [0.2, 0.25) is 6.29 Å². The van der Waals surface area contributed by atoms with E-state index in [0.717, 1.165) is 18.7 Å². The molecular weight excluding hydrogens is 275 g/mol. The van der Waals surface area contributed by atoms with E-state index >= 15 is 0 Å². The van der Waals surface area contributed by atoms with E-state index in [1.807, 2.05) is 0 Å². The highest BCUT2D eigenvalue weighted by atomic mass is 19.4. The highest BCUT2D eigenvalue weighted by Crippen LogP contribution is 2.33. The lowest BCUT2D eigenvalue weighted by Gasteiger charge is -2.29. The van der Waals surface area contributed by atoms with Crippen LogP contribution in [0.1, 0.15) is 43.5 Å². The van der Waals surface area contributed by atoms with E-state index < -0.39 is 30.2 Å². The topological polar surface area (TPSA) is 48.4 Å². The maximum absolute atomic E-state index is 12.4. The molecule has 0 bridgehead atoms. The third-order valence-corrected chi connectivity index (χ3v) is 2.97. The number of hydrogen-bond acceptors (Lipinski definition) is 4. The highest BCUT2D eigenvalue weighted by molar-refractivity contribution is 5.66. The standard InChI is InChI=1S/C13H14F3NO3/c1-8(18)19-12-4-2-3-10(20-12)9-5-6-11(17-7-9)13(14,15)16/h5-7,10,12H,2-4H2,1H3. The van der Waals surface area contributed by atoms with Gasteiger partial charge < -0.3 is 9.47 Å². The first-order valence-corrected chi connectivity index (χ1v) is 6.22. The second kappa shape index (κ2) is 5.78. The molecule has 0 amide bonds. The van der Waals surface area contributed by atoms with Crippen LogP contribution in [0.25, 0.3) is 0 Å². The summed E-state index contributed by atoms with van der Waals surface area (Å²) in [4.78, 5) is 14.3. The Morgan fingerprint density at radius 2 is 2.15 bits per heavy atom. The van der Waals surface area contributed by atoms with E-state index in [1.54, 1.807) is 0 Å². The van der Waals surface area contributed by atoms with E-state index in [2.05, 4.69) is 4.98 Å². The van der Waals surface area contributed by atoms with E-state index in [4.69, 9.17) is 9.47 Å². The van der Waals surface area contributed by atoms with Crippen molar-refractivity contribution < 1.29 is 27.4 Å². The third kappa shape index (κ3) is 3.69. The molecule has 1 aromatic rings. The molecule has 0 spiro atoms. The van der Waals surface area contributed by atoms with Crippen LogP contribution in [-0.4, -0.2) is 17.2 Å². The van der Waals surface area contributed by atoms with Crippen molar-refractivity contribution in [1.29, 1.82) is 0 Å². The van der Waals surface area contributed by atoms with Crippen molar-refractivity contribution in [2.75, 3.05) is 0 Å². The second-order valence-corrected chi connectivity index (χ2v) is 4.57. The van der Waals surface area contributed by atoms with Gasteiger partial charge in [-0.3, -0.25) is 9.78 Å². The Balaban J connectivity index is 2.05. The van der Waals surface area contributed by atoms with Crippen molar-refractivity contribution in [3.63, 3.8) is 0 Å². The van der Waals surface area contributed by atoms with Crippen molar-refractivity contribution in [3.8, 4) is 0 Å². The van der Waals surface area contributed by atoms with Gasteiger partial charge >= 0.3 is 12.1 Å². The smallest absolute Gasteiger partial charge is 0.433 e. The summed E-state index contributed by atoms with van der Waals surface area (Å²) in [6.07, 6.45) is -2.33. The molecule has 0 saturated carbocycles. The molecule has 1 aliphatic heterocycles. The average molecular weight is 289 g/mol. The van der Waals surface area contributed by atoms with Gasteiger partial charge in [0.05, 0.1) is 6.10 Å². The molecule has 2 heterocycles. The normalized spacial score (nSPS) is 23.4. The molecule has 1 fully saturated rings. The summed E-state index contributed by atoms with van der Waals surface area (Å²) in [5, 5.41) is 0. The number of rotatable bonds is 2.